The second-order valence-corrected chi connectivity index (χ2v) is 6.40. The van der Waals surface area contributed by atoms with Crippen molar-refractivity contribution < 1.29 is 0 Å². The summed E-state index contributed by atoms with van der Waals surface area (Å²) in [6, 6.07) is 9.03. The summed E-state index contributed by atoms with van der Waals surface area (Å²) >= 11 is 0. The van der Waals surface area contributed by atoms with Gasteiger partial charge in [0.1, 0.15) is 0 Å². The lowest BCUT2D eigenvalue weighted by molar-refractivity contribution is 0.252. The highest BCUT2D eigenvalue weighted by Gasteiger charge is 2.25. The maximum Gasteiger partial charge on any atom is 0.0208 e. The molecule has 1 heterocycles. The van der Waals surface area contributed by atoms with Crippen LogP contribution in [0, 0.1) is 11.8 Å². The molecule has 3 unspecified atom stereocenters. The molecular formula is C17H25N. The highest BCUT2D eigenvalue weighted by atomic mass is 14.9. The molecule has 1 nitrogen and oxygen atoms in total. The molecule has 1 heteroatoms. The number of benzene rings is 1. The van der Waals surface area contributed by atoms with Gasteiger partial charge in [-0.1, -0.05) is 50.5 Å². The quantitative estimate of drug-likeness (QED) is 0.825. The van der Waals surface area contributed by atoms with Crippen LogP contribution in [0.15, 0.2) is 24.3 Å². The first-order valence-corrected chi connectivity index (χ1v) is 7.61. The molecule has 0 amide bonds. The number of hydrogen-bond donors (Lipinski definition) is 1. The largest absolute Gasteiger partial charge is 0.312 e. The number of hydrogen-bond acceptors (Lipinski definition) is 1. The zero-order chi connectivity index (χ0) is 12.4. The van der Waals surface area contributed by atoms with Crippen LogP contribution in [0.1, 0.15) is 56.1 Å². The van der Waals surface area contributed by atoms with Crippen LogP contribution in [0.4, 0.5) is 0 Å². The average Bonchev–Trinajstić information content (AvgIpc) is 2.39. The van der Waals surface area contributed by atoms with Crippen LogP contribution in [-0.2, 0) is 6.54 Å². The third-order valence-corrected chi connectivity index (χ3v) is 4.86. The monoisotopic (exact) mass is 243 g/mol. The van der Waals surface area contributed by atoms with Crippen LogP contribution < -0.4 is 5.32 Å². The van der Waals surface area contributed by atoms with E-state index in [1.807, 2.05) is 0 Å². The second kappa shape index (κ2) is 5.44. The van der Waals surface area contributed by atoms with Crippen molar-refractivity contribution in [2.45, 2.75) is 51.5 Å². The Morgan fingerprint density at radius 2 is 2.11 bits per heavy atom. The van der Waals surface area contributed by atoms with E-state index in [2.05, 4.69) is 36.5 Å². The van der Waals surface area contributed by atoms with Gasteiger partial charge >= 0.3 is 0 Å². The SMILES string of the molecule is CC1CCCC(CC2CNCc3ccccc32)C1. The Morgan fingerprint density at radius 1 is 1.22 bits per heavy atom. The molecule has 1 aromatic rings. The molecule has 98 valence electrons. The second-order valence-electron chi connectivity index (χ2n) is 6.40. The third kappa shape index (κ3) is 2.61. The lowest BCUT2D eigenvalue weighted by atomic mass is 9.75. The summed E-state index contributed by atoms with van der Waals surface area (Å²) in [5, 5.41) is 3.59. The van der Waals surface area contributed by atoms with Crippen molar-refractivity contribution in [1.29, 1.82) is 0 Å². The van der Waals surface area contributed by atoms with Gasteiger partial charge in [-0.3, -0.25) is 0 Å². The van der Waals surface area contributed by atoms with E-state index >= 15 is 0 Å². The van der Waals surface area contributed by atoms with Gasteiger partial charge in [-0.15, -0.1) is 0 Å². The minimum atomic E-state index is 0.755. The highest BCUT2D eigenvalue weighted by Crippen LogP contribution is 2.37. The molecule has 1 aromatic carbocycles. The average molecular weight is 243 g/mol. The maximum atomic E-state index is 3.59. The van der Waals surface area contributed by atoms with Gasteiger partial charge in [-0.2, -0.15) is 0 Å². The fraction of sp³-hybridized carbons (Fsp3) is 0.647. The van der Waals surface area contributed by atoms with E-state index in [1.165, 1.54) is 44.2 Å². The topological polar surface area (TPSA) is 12.0 Å². The molecule has 0 radical (unpaired) electrons. The number of rotatable bonds is 2. The Bertz CT molecular complexity index is 398. The van der Waals surface area contributed by atoms with Crippen LogP contribution in [0.25, 0.3) is 0 Å². The van der Waals surface area contributed by atoms with Crippen molar-refractivity contribution in [3.8, 4) is 0 Å². The van der Waals surface area contributed by atoms with Gasteiger partial charge in [-0.05, 0) is 41.7 Å². The van der Waals surface area contributed by atoms with Gasteiger partial charge in [0, 0.05) is 13.1 Å². The van der Waals surface area contributed by atoms with Crippen molar-refractivity contribution in [1.82, 2.24) is 5.32 Å². The van der Waals surface area contributed by atoms with Gasteiger partial charge in [0.15, 0.2) is 0 Å². The summed E-state index contributed by atoms with van der Waals surface area (Å²) < 4.78 is 0. The molecule has 1 N–H and O–H groups in total. The van der Waals surface area contributed by atoms with Crippen LogP contribution in [-0.4, -0.2) is 6.54 Å². The molecule has 0 saturated heterocycles. The Balaban J connectivity index is 1.70. The first-order chi connectivity index (χ1) is 8.83. The summed E-state index contributed by atoms with van der Waals surface area (Å²) in [7, 11) is 0. The van der Waals surface area contributed by atoms with Crippen molar-refractivity contribution in [3.63, 3.8) is 0 Å². The van der Waals surface area contributed by atoms with E-state index in [9.17, 15) is 0 Å². The lowest BCUT2D eigenvalue weighted by Gasteiger charge is -2.33. The van der Waals surface area contributed by atoms with Crippen molar-refractivity contribution in [3.05, 3.63) is 35.4 Å². The van der Waals surface area contributed by atoms with E-state index in [0.717, 1.165) is 24.3 Å². The minimum absolute atomic E-state index is 0.755. The first kappa shape index (κ1) is 12.2. The zero-order valence-electron chi connectivity index (χ0n) is 11.5. The third-order valence-electron chi connectivity index (χ3n) is 4.86. The Morgan fingerprint density at radius 3 is 3.00 bits per heavy atom. The van der Waals surface area contributed by atoms with Gasteiger partial charge in [0.25, 0.3) is 0 Å². The van der Waals surface area contributed by atoms with Gasteiger partial charge < -0.3 is 5.32 Å². The van der Waals surface area contributed by atoms with E-state index in [4.69, 9.17) is 0 Å². The zero-order valence-corrected chi connectivity index (χ0v) is 11.5. The van der Waals surface area contributed by atoms with Crippen molar-refractivity contribution in [2.75, 3.05) is 6.54 Å². The van der Waals surface area contributed by atoms with E-state index < -0.39 is 0 Å². The van der Waals surface area contributed by atoms with Crippen LogP contribution >= 0.6 is 0 Å². The fourth-order valence-electron chi connectivity index (χ4n) is 3.97. The fourth-order valence-corrected chi connectivity index (χ4v) is 3.97. The standard InChI is InChI=1S/C17H25N/c1-13-5-4-6-14(9-13)10-16-12-18-11-15-7-2-3-8-17(15)16/h2-3,7-8,13-14,16,18H,4-6,9-12H2,1H3. The van der Waals surface area contributed by atoms with Gasteiger partial charge in [0.2, 0.25) is 0 Å². The molecule has 1 fully saturated rings. The summed E-state index contributed by atoms with van der Waals surface area (Å²) in [6.45, 7) is 4.68. The molecular weight excluding hydrogens is 218 g/mol. The number of fused-ring (bicyclic) bond motifs is 1. The predicted octanol–water partition coefficient (Wildman–Crippen LogP) is 4.09. The molecule has 18 heavy (non-hydrogen) atoms. The Kier molecular flexibility index (Phi) is 3.69. The molecule has 1 saturated carbocycles. The molecule has 1 aliphatic heterocycles. The molecule has 0 spiro atoms. The van der Waals surface area contributed by atoms with Crippen LogP contribution in [0.3, 0.4) is 0 Å². The molecule has 3 rings (SSSR count). The van der Waals surface area contributed by atoms with Crippen LogP contribution in [0.2, 0.25) is 0 Å². The summed E-state index contributed by atoms with van der Waals surface area (Å²) in [4.78, 5) is 0. The maximum absolute atomic E-state index is 3.59. The van der Waals surface area contributed by atoms with Crippen molar-refractivity contribution >= 4 is 0 Å². The molecule has 1 aliphatic carbocycles. The summed E-state index contributed by atoms with van der Waals surface area (Å²) in [5.74, 6) is 2.67. The predicted molar refractivity (Wildman–Crippen MR) is 76.6 cm³/mol. The first-order valence-electron chi connectivity index (χ1n) is 7.61. The summed E-state index contributed by atoms with van der Waals surface area (Å²) in [6.07, 6.45) is 7.22. The molecule has 0 aromatic heterocycles. The molecule has 0 bridgehead atoms. The van der Waals surface area contributed by atoms with Crippen LogP contribution in [0.5, 0.6) is 0 Å². The van der Waals surface area contributed by atoms with Gasteiger partial charge in [-0.25, -0.2) is 0 Å². The Labute approximate surface area is 111 Å². The van der Waals surface area contributed by atoms with E-state index in [-0.39, 0.29) is 0 Å². The normalized spacial score (nSPS) is 31.9. The minimum Gasteiger partial charge on any atom is -0.312 e. The van der Waals surface area contributed by atoms with E-state index in [0.29, 0.717) is 0 Å². The summed E-state index contributed by atoms with van der Waals surface area (Å²) in [5.41, 5.74) is 3.15. The highest BCUT2D eigenvalue weighted by molar-refractivity contribution is 5.32. The van der Waals surface area contributed by atoms with Crippen molar-refractivity contribution in [2.24, 2.45) is 11.8 Å². The van der Waals surface area contributed by atoms with E-state index in [1.54, 1.807) is 5.56 Å². The molecule has 3 atom stereocenters. The lowest BCUT2D eigenvalue weighted by Crippen LogP contribution is -2.30. The number of nitrogens with one attached hydrogen (secondary N) is 1. The molecule has 2 aliphatic rings. The van der Waals surface area contributed by atoms with Gasteiger partial charge in [0.05, 0.1) is 0 Å². The smallest absolute Gasteiger partial charge is 0.0208 e. The Hall–Kier alpha value is -0.820.